The Morgan fingerprint density at radius 3 is 2.65 bits per heavy atom. The summed E-state index contributed by atoms with van der Waals surface area (Å²) >= 11 is 0. The molecule has 0 spiro atoms. The van der Waals surface area contributed by atoms with Crippen LogP contribution in [-0.4, -0.2) is 53.2 Å². The molecule has 5 rings (SSSR count). The Kier molecular flexibility index (Phi) is 5.74. The first-order valence-electron chi connectivity index (χ1n) is 11.5. The molecule has 2 heterocycles. The second-order valence-electron chi connectivity index (χ2n) is 9.23. The zero-order valence-electron chi connectivity index (χ0n) is 18.6. The second kappa shape index (κ2) is 8.65. The van der Waals surface area contributed by atoms with Crippen LogP contribution in [0.3, 0.4) is 0 Å². The zero-order chi connectivity index (χ0) is 21.4. The Morgan fingerprint density at radius 1 is 1.13 bits per heavy atom. The number of methoxy groups -OCH3 is 1. The summed E-state index contributed by atoms with van der Waals surface area (Å²) in [4.78, 5) is 8.66. The molecule has 5 nitrogen and oxygen atoms in total. The van der Waals surface area contributed by atoms with E-state index in [0.717, 1.165) is 43.4 Å². The van der Waals surface area contributed by atoms with E-state index in [9.17, 15) is 5.11 Å². The van der Waals surface area contributed by atoms with Crippen LogP contribution in [0, 0.1) is 12.8 Å². The van der Waals surface area contributed by atoms with Crippen molar-refractivity contribution >= 4 is 10.9 Å². The predicted octanol–water partition coefficient (Wildman–Crippen LogP) is 4.25. The number of aryl methyl sites for hydroxylation is 1. The predicted molar refractivity (Wildman–Crippen MR) is 124 cm³/mol. The number of ether oxygens (including phenoxy) is 1. The molecular weight excluding hydrogens is 386 g/mol. The summed E-state index contributed by atoms with van der Waals surface area (Å²) in [6.45, 7) is 7.53. The van der Waals surface area contributed by atoms with E-state index in [0.29, 0.717) is 6.04 Å². The highest BCUT2D eigenvalue weighted by atomic mass is 16.5. The maximum Gasteiger partial charge on any atom is 0.124 e. The number of aromatic amines is 1. The lowest BCUT2D eigenvalue weighted by atomic mass is 9.98. The molecule has 3 aromatic rings. The molecule has 2 aromatic carbocycles. The first-order chi connectivity index (χ1) is 15.2. The maximum absolute atomic E-state index is 9.46. The van der Waals surface area contributed by atoms with Gasteiger partial charge in [0.1, 0.15) is 5.75 Å². The number of rotatable bonds is 7. The summed E-state index contributed by atoms with van der Waals surface area (Å²) in [7, 11) is 1.77. The molecule has 5 heteroatoms. The number of H-pyrrole nitrogens is 1. The lowest BCUT2D eigenvalue weighted by Crippen LogP contribution is -2.48. The third kappa shape index (κ3) is 4.22. The SMILES string of the molecule is COc1cc(C)c2[nH]ccc2c1CN1CCN(CC2CC2)C[C@H]1c1ccc(CO)cc1. The van der Waals surface area contributed by atoms with Gasteiger partial charge in [-0.25, -0.2) is 0 Å². The van der Waals surface area contributed by atoms with E-state index in [4.69, 9.17) is 4.74 Å². The molecule has 1 saturated carbocycles. The molecule has 0 bridgehead atoms. The van der Waals surface area contributed by atoms with Crippen molar-refractivity contribution in [2.45, 2.75) is 39.0 Å². The Labute approximate surface area is 184 Å². The number of fused-ring (bicyclic) bond motifs is 1. The number of hydrogen-bond acceptors (Lipinski definition) is 4. The molecule has 164 valence electrons. The lowest BCUT2D eigenvalue weighted by molar-refractivity contribution is 0.0650. The zero-order valence-corrected chi connectivity index (χ0v) is 18.6. The van der Waals surface area contributed by atoms with Gasteiger partial charge in [-0.2, -0.15) is 0 Å². The van der Waals surface area contributed by atoms with E-state index in [1.165, 1.54) is 47.0 Å². The van der Waals surface area contributed by atoms with Crippen LogP contribution in [0.4, 0.5) is 0 Å². The molecular formula is C26H33N3O2. The third-order valence-corrected chi connectivity index (χ3v) is 7.03. The van der Waals surface area contributed by atoms with E-state index in [1.54, 1.807) is 7.11 Å². The van der Waals surface area contributed by atoms with Gasteiger partial charge in [0.25, 0.3) is 0 Å². The largest absolute Gasteiger partial charge is 0.496 e. The van der Waals surface area contributed by atoms with E-state index in [1.807, 2.05) is 6.20 Å². The number of aromatic nitrogens is 1. The van der Waals surface area contributed by atoms with Gasteiger partial charge in [-0.05, 0) is 54.5 Å². The fourth-order valence-electron chi connectivity index (χ4n) is 5.04. The number of nitrogens with zero attached hydrogens (tertiary/aromatic N) is 2. The van der Waals surface area contributed by atoms with Crippen LogP contribution in [0.1, 0.15) is 41.1 Å². The first kappa shape index (κ1) is 20.6. The molecule has 0 unspecified atom stereocenters. The minimum atomic E-state index is 0.0918. The van der Waals surface area contributed by atoms with Crippen LogP contribution in [0.2, 0.25) is 0 Å². The summed E-state index contributed by atoms with van der Waals surface area (Å²) in [5.41, 5.74) is 5.97. The number of piperazine rings is 1. The van der Waals surface area contributed by atoms with E-state index in [-0.39, 0.29) is 6.61 Å². The van der Waals surface area contributed by atoms with Crippen LogP contribution in [0.25, 0.3) is 10.9 Å². The molecule has 2 N–H and O–H groups in total. The summed E-state index contributed by atoms with van der Waals surface area (Å²) < 4.78 is 5.82. The molecule has 1 aromatic heterocycles. The normalized spacial score (nSPS) is 20.4. The lowest BCUT2D eigenvalue weighted by Gasteiger charge is -2.42. The molecule has 31 heavy (non-hydrogen) atoms. The van der Waals surface area contributed by atoms with Gasteiger partial charge in [0.2, 0.25) is 0 Å². The highest BCUT2D eigenvalue weighted by Crippen LogP contribution is 2.36. The number of aliphatic hydroxyl groups is 1. The quantitative estimate of drug-likeness (QED) is 0.601. The van der Waals surface area contributed by atoms with Crippen molar-refractivity contribution in [1.82, 2.24) is 14.8 Å². The van der Waals surface area contributed by atoms with Crippen molar-refractivity contribution in [3.05, 3.63) is 64.8 Å². The minimum Gasteiger partial charge on any atom is -0.496 e. The maximum atomic E-state index is 9.46. The van der Waals surface area contributed by atoms with Crippen molar-refractivity contribution in [3.63, 3.8) is 0 Å². The molecule has 0 amide bonds. The minimum absolute atomic E-state index is 0.0918. The topological polar surface area (TPSA) is 51.7 Å². The Bertz CT molecular complexity index is 1040. The fourth-order valence-corrected chi connectivity index (χ4v) is 5.04. The fraction of sp³-hybridized carbons (Fsp3) is 0.462. The van der Waals surface area contributed by atoms with Crippen LogP contribution in [-0.2, 0) is 13.2 Å². The van der Waals surface area contributed by atoms with Gasteiger partial charge in [-0.15, -0.1) is 0 Å². The highest BCUT2D eigenvalue weighted by Gasteiger charge is 2.32. The molecule has 2 fully saturated rings. The smallest absolute Gasteiger partial charge is 0.124 e. The second-order valence-corrected chi connectivity index (χ2v) is 9.23. The van der Waals surface area contributed by atoms with E-state index >= 15 is 0 Å². The van der Waals surface area contributed by atoms with Crippen molar-refractivity contribution in [2.24, 2.45) is 5.92 Å². The average Bonchev–Trinajstić information content (AvgIpc) is 3.47. The molecule has 1 aliphatic heterocycles. The summed E-state index contributed by atoms with van der Waals surface area (Å²) in [5.74, 6) is 1.88. The monoisotopic (exact) mass is 419 g/mol. The molecule has 1 atom stereocenters. The Morgan fingerprint density at radius 2 is 1.94 bits per heavy atom. The standard InChI is InChI=1S/C26H33N3O2/c1-18-13-25(31-2)23(22-9-10-27-26(18)22)15-29-12-11-28(14-19-3-4-19)16-24(29)21-7-5-20(17-30)6-8-21/h5-10,13,19,24,27,30H,3-4,11-12,14-17H2,1-2H3/t24-/m0/s1. The Hall–Kier alpha value is -2.34. The Balaban J connectivity index is 1.46. The molecule has 2 aliphatic rings. The third-order valence-electron chi connectivity index (χ3n) is 7.03. The number of nitrogens with one attached hydrogen (secondary N) is 1. The van der Waals surface area contributed by atoms with Gasteiger partial charge < -0.3 is 14.8 Å². The number of aliphatic hydroxyl groups excluding tert-OH is 1. The van der Waals surface area contributed by atoms with Gasteiger partial charge in [0.05, 0.1) is 13.7 Å². The van der Waals surface area contributed by atoms with E-state index in [2.05, 4.69) is 58.1 Å². The van der Waals surface area contributed by atoms with Crippen molar-refractivity contribution in [2.75, 3.05) is 33.3 Å². The molecule has 0 radical (unpaired) electrons. The van der Waals surface area contributed by atoms with Crippen molar-refractivity contribution < 1.29 is 9.84 Å². The van der Waals surface area contributed by atoms with Gasteiger partial charge in [-0.1, -0.05) is 24.3 Å². The van der Waals surface area contributed by atoms with Gasteiger partial charge in [-0.3, -0.25) is 9.80 Å². The van der Waals surface area contributed by atoms with Crippen LogP contribution in [0.5, 0.6) is 5.75 Å². The van der Waals surface area contributed by atoms with Crippen molar-refractivity contribution in [1.29, 1.82) is 0 Å². The highest BCUT2D eigenvalue weighted by molar-refractivity contribution is 5.88. The summed E-state index contributed by atoms with van der Waals surface area (Å²) in [5, 5.41) is 10.7. The van der Waals surface area contributed by atoms with Gasteiger partial charge in [0, 0.05) is 61.4 Å². The summed E-state index contributed by atoms with van der Waals surface area (Å²) in [6, 6.07) is 13.2. The molecule has 1 aliphatic carbocycles. The number of hydrogen-bond donors (Lipinski definition) is 2. The van der Waals surface area contributed by atoms with Gasteiger partial charge >= 0.3 is 0 Å². The van der Waals surface area contributed by atoms with Crippen molar-refractivity contribution in [3.8, 4) is 5.75 Å². The van der Waals surface area contributed by atoms with Crippen LogP contribution in [0.15, 0.2) is 42.6 Å². The summed E-state index contributed by atoms with van der Waals surface area (Å²) in [6.07, 6.45) is 4.81. The van der Waals surface area contributed by atoms with Crippen LogP contribution >= 0.6 is 0 Å². The van der Waals surface area contributed by atoms with Gasteiger partial charge in [0.15, 0.2) is 0 Å². The first-order valence-corrected chi connectivity index (χ1v) is 11.5. The molecule has 1 saturated heterocycles. The average molecular weight is 420 g/mol. The van der Waals surface area contributed by atoms with Crippen LogP contribution < -0.4 is 4.74 Å². The van der Waals surface area contributed by atoms with E-state index < -0.39 is 0 Å². The number of benzene rings is 2.